The summed E-state index contributed by atoms with van der Waals surface area (Å²) < 4.78 is 0. The van der Waals surface area contributed by atoms with E-state index < -0.39 is 11.8 Å². The highest BCUT2D eigenvalue weighted by Gasteiger charge is 2.33. The molecular formula is C11H13N3O2. The molecule has 2 rings (SSSR count). The van der Waals surface area contributed by atoms with Crippen LogP contribution in [0.1, 0.15) is 6.42 Å². The average Bonchev–Trinajstić information content (AvgIpc) is 2.60. The SMILES string of the molecule is NC(=O)[C@H]1CC(=O)N(c2cccc(N)c2)C1. The van der Waals surface area contributed by atoms with Crippen LogP contribution in [0.2, 0.25) is 0 Å². The zero-order valence-electron chi connectivity index (χ0n) is 8.72. The minimum absolute atomic E-state index is 0.0885. The highest BCUT2D eigenvalue weighted by Crippen LogP contribution is 2.25. The summed E-state index contributed by atoms with van der Waals surface area (Å²) in [4.78, 5) is 24.2. The number of benzene rings is 1. The van der Waals surface area contributed by atoms with E-state index in [1.807, 2.05) is 0 Å². The van der Waals surface area contributed by atoms with Gasteiger partial charge in [0.2, 0.25) is 11.8 Å². The van der Waals surface area contributed by atoms with Gasteiger partial charge in [-0.1, -0.05) is 6.07 Å². The van der Waals surface area contributed by atoms with E-state index in [1.54, 1.807) is 29.2 Å². The zero-order valence-corrected chi connectivity index (χ0v) is 8.72. The first-order valence-electron chi connectivity index (χ1n) is 5.03. The van der Waals surface area contributed by atoms with E-state index in [0.29, 0.717) is 17.9 Å². The van der Waals surface area contributed by atoms with Gasteiger partial charge < -0.3 is 16.4 Å². The molecule has 1 fully saturated rings. The Morgan fingerprint density at radius 1 is 1.44 bits per heavy atom. The molecule has 4 N–H and O–H groups in total. The molecule has 84 valence electrons. The van der Waals surface area contributed by atoms with Crippen LogP contribution in [0.4, 0.5) is 11.4 Å². The monoisotopic (exact) mass is 219 g/mol. The molecule has 1 aliphatic rings. The molecule has 0 saturated carbocycles. The molecule has 0 unspecified atom stereocenters. The van der Waals surface area contributed by atoms with Gasteiger partial charge in [0.15, 0.2) is 0 Å². The van der Waals surface area contributed by atoms with E-state index in [0.717, 1.165) is 0 Å². The summed E-state index contributed by atoms with van der Waals surface area (Å²) >= 11 is 0. The van der Waals surface area contributed by atoms with Crippen LogP contribution in [0.3, 0.4) is 0 Å². The number of nitrogen functional groups attached to an aromatic ring is 1. The lowest BCUT2D eigenvalue weighted by Gasteiger charge is -2.16. The molecule has 1 aromatic carbocycles. The first kappa shape index (κ1) is 10.5. The molecule has 0 aromatic heterocycles. The van der Waals surface area contributed by atoms with Crippen LogP contribution in [-0.4, -0.2) is 18.4 Å². The standard InChI is InChI=1S/C11H13N3O2/c12-8-2-1-3-9(5-8)14-6-7(11(13)16)4-10(14)15/h1-3,5,7H,4,6,12H2,(H2,13,16)/t7-/m0/s1. The first-order chi connectivity index (χ1) is 7.58. The summed E-state index contributed by atoms with van der Waals surface area (Å²) in [6.07, 6.45) is 0.185. The maximum absolute atomic E-state index is 11.7. The largest absolute Gasteiger partial charge is 0.399 e. The Labute approximate surface area is 93.0 Å². The third kappa shape index (κ3) is 1.84. The van der Waals surface area contributed by atoms with E-state index in [-0.39, 0.29) is 12.3 Å². The second-order valence-corrected chi connectivity index (χ2v) is 3.90. The van der Waals surface area contributed by atoms with Crippen molar-refractivity contribution in [2.45, 2.75) is 6.42 Å². The summed E-state index contributed by atoms with van der Waals surface area (Å²) in [6.45, 7) is 0.345. The predicted molar refractivity (Wildman–Crippen MR) is 60.5 cm³/mol. The summed E-state index contributed by atoms with van der Waals surface area (Å²) in [6, 6.07) is 7.02. The van der Waals surface area contributed by atoms with Gasteiger partial charge in [0.1, 0.15) is 0 Å². The van der Waals surface area contributed by atoms with Gasteiger partial charge in [-0.15, -0.1) is 0 Å². The van der Waals surface area contributed by atoms with Gasteiger partial charge in [-0.25, -0.2) is 0 Å². The number of carbonyl (C=O) groups excluding carboxylic acids is 2. The number of nitrogens with zero attached hydrogens (tertiary/aromatic N) is 1. The highest BCUT2D eigenvalue weighted by molar-refractivity contribution is 6.00. The van der Waals surface area contributed by atoms with Gasteiger partial charge in [-0.2, -0.15) is 0 Å². The Hall–Kier alpha value is -2.04. The Morgan fingerprint density at radius 3 is 2.75 bits per heavy atom. The normalized spacial score (nSPS) is 20.1. The molecule has 1 aromatic rings. The maximum Gasteiger partial charge on any atom is 0.227 e. The summed E-state index contributed by atoms with van der Waals surface area (Å²) in [5.74, 6) is -0.914. The molecule has 1 atom stereocenters. The van der Waals surface area contributed by atoms with E-state index in [2.05, 4.69) is 0 Å². The lowest BCUT2D eigenvalue weighted by molar-refractivity contribution is -0.123. The molecule has 0 radical (unpaired) electrons. The summed E-state index contributed by atoms with van der Waals surface area (Å²) in [7, 11) is 0. The van der Waals surface area contributed by atoms with Gasteiger partial charge in [-0.05, 0) is 18.2 Å². The van der Waals surface area contributed by atoms with Gasteiger partial charge in [0, 0.05) is 24.3 Å². The maximum atomic E-state index is 11.7. The zero-order chi connectivity index (χ0) is 11.7. The van der Waals surface area contributed by atoms with E-state index in [4.69, 9.17) is 11.5 Å². The molecule has 1 heterocycles. The fourth-order valence-corrected chi connectivity index (χ4v) is 1.84. The Kier molecular flexibility index (Phi) is 2.52. The average molecular weight is 219 g/mol. The van der Waals surface area contributed by atoms with Crippen molar-refractivity contribution in [1.29, 1.82) is 0 Å². The smallest absolute Gasteiger partial charge is 0.227 e. The van der Waals surface area contributed by atoms with Crippen molar-refractivity contribution in [3.8, 4) is 0 Å². The van der Waals surface area contributed by atoms with Crippen LogP contribution in [0.5, 0.6) is 0 Å². The number of hydrogen-bond donors (Lipinski definition) is 2. The van der Waals surface area contributed by atoms with Crippen LogP contribution in [0.15, 0.2) is 24.3 Å². The second-order valence-electron chi connectivity index (χ2n) is 3.90. The minimum Gasteiger partial charge on any atom is -0.399 e. The predicted octanol–water partition coefficient (Wildman–Crippen LogP) is 0.107. The molecule has 0 aliphatic carbocycles. The molecule has 5 nitrogen and oxygen atoms in total. The molecule has 16 heavy (non-hydrogen) atoms. The molecule has 0 spiro atoms. The number of nitrogens with two attached hydrogens (primary N) is 2. The molecule has 2 amide bonds. The number of primary amides is 1. The highest BCUT2D eigenvalue weighted by atomic mass is 16.2. The Balaban J connectivity index is 2.23. The number of amides is 2. The first-order valence-corrected chi connectivity index (χ1v) is 5.03. The third-order valence-electron chi connectivity index (χ3n) is 2.71. The Bertz CT molecular complexity index is 445. The molecule has 1 saturated heterocycles. The number of rotatable bonds is 2. The van der Waals surface area contributed by atoms with Gasteiger partial charge >= 0.3 is 0 Å². The molecule has 1 aliphatic heterocycles. The van der Waals surface area contributed by atoms with Gasteiger partial charge in [-0.3, -0.25) is 9.59 Å². The quantitative estimate of drug-likeness (QED) is 0.691. The Morgan fingerprint density at radius 2 is 2.19 bits per heavy atom. The van der Waals surface area contributed by atoms with Crippen molar-refractivity contribution in [2.24, 2.45) is 11.7 Å². The lowest BCUT2D eigenvalue weighted by atomic mass is 10.1. The minimum atomic E-state index is -0.431. The van der Waals surface area contributed by atoms with E-state index >= 15 is 0 Å². The van der Waals surface area contributed by atoms with Crippen molar-refractivity contribution in [1.82, 2.24) is 0 Å². The van der Waals surface area contributed by atoms with Crippen LogP contribution in [0.25, 0.3) is 0 Å². The van der Waals surface area contributed by atoms with Gasteiger partial charge in [0.25, 0.3) is 0 Å². The molecular weight excluding hydrogens is 206 g/mol. The van der Waals surface area contributed by atoms with Crippen LogP contribution >= 0.6 is 0 Å². The van der Waals surface area contributed by atoms with Crippen molar-refractivity contribution in [3.05, 3.63) is 24.3 Å². The van der Waals surface area contributed by atoms with Crippen molar-refractivity contribution < 1.29 is 9.59 Å². The summed E-state index contributed by atoms with van der Waals surface area (Å²) in [5.41, 5.74) is 12.1. The topological polar surface area (TPSA) is 89.4 Å². The number of carbonyl (C=O) groups is 2. The van der Waals surface area contributed by atoms with Crippen molar-refractivity contribution in [2.75, 3.05) is 17.2 Å². The van der Waals surface area contributed by atoms with E-state index in [1.165, 1.54) is 0 Å². The van der Waals surface area contributed by atoms with Crippen molar-refractivity contribution in [3.63, 3.8) is 0 Å². The third-order valence-corrected chi connectivity index (χ3v) is 2.71. The molecule has 5 heteroatoms. The second kappa shape index (κ2) is 3.84. The van der Waals surface area contributed by atoms with Crippen molar-refractivity contribution >= 4 is 23.2 Å². The van der Waals surface area contributed by atoms with Crippen LogP contribution in [0, 0.1) is 5.92 Å². The lowest BCUT2D eigenvalue weighted by Crippen LogP contribution is -2.28. The number of anilines is 2. The molecule has 0 bridgehead atoms. The van der Waals surface area contributed by atoms with Crippen LogP contribution in [-0.2, 0) is 9.59 Å². The fourth-order valence-electron chi connectivity index (χ4n) is 1.84. The van der Waals surface area contributed by atoms with Crippen LogP contribution < -0.4 is 16.4 Å². The van der Waals surface area contributed by atoms with E-state index in [9.17, 15) is 9.59 Å². The summed E-state index contributed by atoms with van der Waals surface area (Å²) in [5, 5.41) is 0. The van der Waals surface area contributed by atoms with Gasteiger partial charge in [0.05, 0.1) is 5.92 Å². The fraction of sp³-hybridized carbons (Fsp3) is 0.273. The number of hydrogen-bond acceptors (Lipinski definition) is 3.